The van der Waals surface area contributed by atoms with Crippen LogP contribution in [0.4, 0.5) is 13.2 Å². The van der Waals surface area contributed by atoms with Gasteiger partial charge in [0.15, 0.2) is 0 Å². The molecular weight excluding hydrogens is 350 g/mol. The average molecular weight is 363 g/mol. The van der Waals surface area contributed by atoms with Crippen molar-refractivity contribution in [3.8, 4) is 0 Å². The van der Waals surface area contributed by atoms with E-state index in [4.69, 9.17) is 0 Å². The molecule has 1 rings (SSSR count). The largest absolute Gasteiger partial charge is 0.389 e. The molecule has 0 saturated heterocycles. The maximum absolute atomic E-state index is 12.0. The highest BCUT2D eigenvalue weighted by molar-refractivity contribution is 14.1. The molecule has 1 atom stereocenters. The highest BCUT2D eigenvalue weighted by Gasteiger charge is 2.26. The van der Waals surface area contributed by atoms with Crippen molar-refractivity contribution < 1.29 is 13.2 Å². The predicted octanol–water partition coefficient (Wildman–Crippen LogP) is 4.35. The normalized spacial score (nSPS) is 14.1. The van der Waals surface area contributed by atoms with Crippen molar-refractivity contribution in [2.24, 2.45) is 0 Å². The van der Waals surface area contributed by atoms with Gasteiger partial charge in [-0.1, -0.05) is 0 Å². The number of thiophene rings is 1. The predicted molar refractivity (Wildman–Crippen MR) is 68.7 cm³/mol. The third-order valence-corrected chi connectivity index (χ3v) is 4.10. The third kappa shape index (κ3) is 5.01. The smallest absolute Gasteiger partial charge is 0.313 e. The van der Waals surface area contributed by atoms with E-state index in [0.717, 1.165) is 8.45 Å². The lowest BCUT2D eigenvalue weighted by molar-refractivity contribution is -0.135. The molecule has 6 heteroatoms. The summed E-state index contributed by atoms with van der Waals surface area (Å²) in [6.07, 6.45) is -4.06. The zero-order valence-electron chi connectivity index (χ0n) is 8.77. The number of hydrogen-bond acceptors (Lipinski definition) is 2. The van der Waals surface area contributed by atoms with E-state index in [1.807, 2.05) is 11.4 Å². The molecule has 0 bridgehead atoms. The molecule has 0 saturated carbocycles. The summed E-state index contributed by atoms with van der Waals surface area (Å²) in [5, 5.41) is 5.05. The summed E-state index contributed by atoms with van der Waals surface area (Å²) >= 11 is 3.82. The van der Waals surface area contributed by atoms with Crippen LogP contribution >= 0.6 is 33.9 Å². The van der Waals surface area contributed by atoms with E-state index < -0.39 is 12.6 Å². The first-order valence-electron chi connectivity index (χ1n) is 4.90. The first kappa shape index (κ1) is 14.2. The zero-order valence-corrected chi connectivity index (χ0v) is 11.7. The first-order chi connectivity index (χ1) is 7.42. The first-order valence-corrected chi connectivity index (χ1v) is 6.86. The minimum atomic E-state index is -4.04. The van der Waals surface area contributed by atoms with Crippen LogP contribution in [-0.4, -0.2) is 13.2 Å². The monoisotopic (exact) mass is 363 g/mol. The molecule has 0 aliphatic heterocycles. The van der Waals surface area contributed by atoms with E-state index in [-0.39, 0.29) is 12.5 Å². The van der Waals surface area contributed by atoms with Gasteiger partial charge in [0.05, 0.1) is 2.88 Å². The molecule has 1 N–H and O–H groups in total. The Balaban J connectivity index is 2.44. The van der Waals surface area contributed by atoms with Gasteiger partial charge in [0.1, 0.15) is 0 Å². The Hall–Kier alpha value is 0.180. The fourth-order valence-corrected chi connectivity index (χ4v) is 2.92. The summed E-state index contributed by atoms with van der Waals surface area (Å²) in [5.74, 6) is 0. The van der Waals surface area contributed by atoms with E-state index in [2.05, 4.69) is 27.9 Å². The Morgan fingerprint density at radius 3 is 2.62 bits per heavy atom. The van der Waals surface area contributed by atoms with Crippen LogP contribution < -0.4 is 5.32 Å². The number of hydrogen-bond donors (Lipinski definition) is 1. The fraction of sp³-hybridized carbons (Fsp3) is 0.600. The molecule has 1 nitrogen and oxygen atoms in total. The average Bonchev–Trinajstić information content (AvgIpc) is 2.58. The van der Waals surface area contributed by atoms with Gasteiger partial charge in [-0.2, -0.15) is 13.2 Å². The molecule has 0 spiro atoms. The lowest BCUT2D eigenvalue weighted by Crippen LogP contribution is -2.17. The summed E-state index contributed by atoms with van der Waals surface area (Å²) in [5.41, 5.74) is 1.08. The van der Waals surface area contributed by atoms with Gasteiger partial charge in [-0.25, -0.2) is 0 Å². The molecule has 0 fully saturated rings. The SMILES string of the molecule is CNC(CCCC(F)(F)F)c1csc(I)c1. The Labute approximate surface area is 111 Å². The van der Waals surface area contributed by atoms with Crippen molar-refractivity contribution in [1.29, 1.82) is 0 Å². The van der Waals surface area contributed by atoms with Crippen molar-refractivity contribution in [2.45, 2.75) is 31.5 Å². The maximum atomic E-state index is 12.0. The van der Waals surface area contributed by atoms with Crippen LogP contribution in [0.2, 0.25) is 0 Å². The lowest BCUT2D eigenvalue weighted by atomic mass is 10.0. The Morgan fingerprint density at radius 1 is 1.50 bits per heavy atom. The Kier molecular flexibility index (Phi) is 5.52. The highest BCUT2D eigenvalue weighted by Crippen LogP contribution is 2.28. The van der Waals surface area contributed by atoms with Crippen LogP contribution in [0.15, 0.2) is 11.4 Å². The van der Waals surface area contributed by atoms with Crippen LogP contribution in [-0.2, 0) is 0 Å². The Morgan fingerprint density at radius 2 is 2.19 bits per heavy atom. The van der Waals surface area contributed by atoms with Gasteiger partial charge in [-0.05, 0) is 59.5 Å². The van der Waals surface area contributed by atoms with Gasteiger partial charge in [0, 0.05) is 12.5 Å². The van der Waals surface area contributed by atoms with Crippen molar-refractivity contribution in [3.05, 3.63) is 19.9 Å². The van der Waals surface area contributed by atoms with E-state index >= 15 is 0 Å². The van der Waals surface area contributed by atoms with Crippen molar-refractivity contribution in [2.75, 3.05) is 7.05 Å². The molecule has 0 aromatic carbocycles. The van der Waals surface area contributed by atoms with Crippen molar-refractivity contribution in [3.63, 3.8) is 0 Å². The molecule has 0 amide bonds. The standard InChI is InChI=1S/C10H13F3INS/c1-15-8(3-2-4-10(11,12)13)7-5-9(14)16-6-7/h5-6,8,15H,2-4H2,1H3. The third-order valence-electron chi connectivity index (χ3n) is 2.29. The van der Waals surface area contributed by atoms with Crippen molar-refractivity contribution in [1.82, 2.24) is 5.32 Å². The van der Waals surface area contributed by atoms with Crippen molar-refractivity contribution >= 4 is 33.9 Å². The van der Waals surface area contributed by atoms with Crippen LogP contribution in [0.5, 0.6) is 0 Å². The number of nitrogens with one attached hydrogen (secondary N) is 1. The van der Waals surface area contributed by atoms with Gasteiger partial charge >= 0.3 is 6.18 Å². The van der Waals surface area contributed by atoms with Gasteiger partial charge in [0.2, 0.25) is 0 Å². The molecule has 92 valence electrons. The second-order valence-corrected chi connectivity index (χ2v) is 6.34. The van der Waals surface area contributed by atoms with E-state index in [1.54, 1.807) is 18.4 Å². The number of alkyl halides is 3. The molecule has 1 aromatic heterocycles. The van der Waals surface area contributed by atoms with Gasteiger partial charge in [0.25, 0.3) is 0 Å². The van der Waals surface area contributed by atoms with Crippen LogP contribution in [0.25, 0.3) is 0 Å². The van der Waals surface area contributed by atoms with Crippen LogP contribution in [0.1, 0.15) is 30.9 Å². The second kappa shape index (κ2) is 6.20. The highest BCUT2D eigenvalue weighted by atomic mass is 127. The van der Waals surface area contributed by atoms with E-state index in [1.165, 1.54) is 0 Å². The van der Waals surface area contributed by atoms with Gasteiger partial charge < -0.3 is 5.32 Å². The fourth-order valence-electron chi connectivity index (χ4n) is 1.49. The minimum Gasteiger partial charge on any atom is -0.313 e. The molecule has 1 unspecified atom stereocenters. The quantitative estimate of drug-likeness (QED) is 0.768. The maximum Gasteiger partial charge on any atom is 0.389 e. The topological polar surface area (TPSA) is 12.0 Å². The van der Waals surface area contributed by atoms with E-state index in [9.17, 15) is 13.2 Å². The Bertz CT molecular complexity index is 324. The summed E-state index contributed by atoms with van der Waals surface area (Å²) < 4.78 is 37.1. The molecule has 0 aliphatic rings. The summed E-state index contributed by atoms with van der Waals surface area (Å²) in [6.45, 7) is 0. The summed E-state index contributed by atoms with van der Waals surface area (Å²) in [4.78, 5) is 0. The zero-order chi connectivity index (χ0) is 12.2. The van der Waals surface area contributed by atoms with E-state index in [0.29, 0.717) is 6.42 Å². The summed E-state index contributed by atoms with van der Waals surface area (Å²) in [6, 6.07) is 2.04. The van der Waals surface area contributed by atoms with Gasteiger partial charge in [-0.3, -0.25) is 0 Å². The molecule has 0 radical (unpaired) electrons. The summed E-state index contributed by atoms with van der Waals surface area (Å²) in [7, 11) is 1.78. The van der Waals surface area contributed by atoms with Crippen LogP contribution in [0.3, 0.4) is 0 Å². The molecule has 1 heterocycles. The lowest BCUT2D eigenvalue weighted by Gasteiger charge is -2.15. The van der Waals surface area contributed by atoms with Crippen LogP contribution in [0, 0.1) is 2.88 Å². The molecule has 1 aromatic rings. The molecule has 0 aliphatic carbocycles. The minimum absolute atomic E-state index is 0.0297. The second-order valence-electron chi connectivity index (χ2n) is 3.53. The number of halogens is 4. The molecule has 16 heavy (non-hydrogen) atoms. The number of rotatable bonds is 5. The molecular formula is C10H13F3INS. The van der Waals surface area contributed by atoms with Gasteiger partial charge in [-0.15, -0.1) is 11.3 Å².